The van der Waals surface area contributed by atoms with E-state index in [-0.39, 0.29) is 11.8 Å². The van der Waals surface area contributed by atoms with Gasteiger partial charge in [0.05, 0.1) is 5.01 Å². The number of aromatic nitrogens is 1. The molecule has 17 heavy (non-hydrogen) atoms. The Balaban J connectivity index is 1.89. The minimum absolute atomic E-state index is 0.0333. The highest BCUT2D eigenvalue weighted by atomic mass is 32.1. The summed E-state index contributed by atoms with van der Waals surface area (Å²) in [4.78, 5) is 16.0. The van der Waals surface area contributed by atoms with Crippen molar-refractivity contribution < 1.29 is 4.79 Å². The molecule has 1 amide bonds. The highest BCUT2D eigenvalue weighted by molar-refractivity contribution is 7.09. The number of rotatable bonds is 4. The number of nitrogens with one attached hydrogen (secondary N) is 1. The van der Waals surface area contributed by atoms with E-state index >= 15 is 0 Å². The molecule has 0 spiro atoms. The Kier molecular flexibility index (Phi) is 3.88. The minimum atomic E-state index is -0.0333. The molecule has 0 bridgehead atoms. The lowest BCUT2D eigenvalue weighted by molar-refractivity contribution is 0.0951. The maximum absolute atomic E-state index is 11.8. The van der Waals surface area contributed by atoms with E-state index < -0.39 is 0 Å². The van der Waals surface area contributed by atoms with E-state index in [1.165, 1.54) is 0 Å². The Morgan fingerprint density at radius 2 is 2.18 bits per heavy atom. The molecule has 2 rings (SSSR count). The molecule has 1 atom stereocenters. The van der Waals surface area contributed by atoms with E-state index in [0.717, 1.165) is 5.01 Å². The van der Waals surface area contributed by atoms with Crippen LogP contribution in [0.4, 0.5) is 0 Å². The molecule has 1 N–H and O–H groups in total. The minimum Gasteiger partial charge on any atom is -0.351 e. The summed E-state index contributed by atoms with van der Waals surface area (Å²) in [6.45, 7) is 2.67. The molecular weight excluding hydrogens is 232 g/mol. The second kappa shape index (κ2) is 5.59. The predicted octanol–water partition coefficient (Wildman–Crippen LogP) is 2.68. The van der Waals surface area contributed by atoms with Crippen LogP contribution in [-0.2, 0) is 0 Å². The van der Waals surface area contributed by atoms with Crippen LogP contribution in [0.1, 0.15) is 28.2 Å². The SMILES string of the molecule is CC(CNC(=O)c1ccccc1)c1nccs1. The van der Waals surface area contributed by atoms with Gasteiger partial charge in [-0.1, -0.05) is 25.1 Å². The van der Waals surface area contributed by atoms with Crippen molar-refractivity contribution in [1.29, 1.82) is 0 Å². The lowest BCUT2D eigenvalue weighted by Gasteiger charge is -2.09. The van der Waals surface area contributed by atoms with Gasteiger partial charge in [0.25, 0.3) is 5.91 Å². The molecule has 3 nitrogen and oxygen atoms in total. The first-order valence-corrected chi connectivity index (χ1v) is 6.38. The molecular formula is C13H14N2OS. The van der Waals surface area contributed by atoms with Crippen molar-refractivity contribution in [3.63, 3.8) is 0 Å². The summed E-state index contributed by atoms with van der Waals surface area (Å²) in [5, 5.41) is 5.92. The molecule has 0 radical (unpaired) electrons. The number of carbonyl (C=O) groups is 1. The van der Waals surface area contributed by atoms with Crippen molar-refractivity contribution in [2.45, 2.75) is 12.8 Å². The summed E-state index contributed by atoms with van der Waals surface area (Å²) in [5.41, 5.74) is 0.693. The molecule has 1 heterocycles. The number of amides is 1. The monoisotopic (exact) mass is 246 g/mol. The molecule has 0 aliphatic rings. The van der Waals surface area contributed by atoms with Gasteiger partial charge < -0.3 is 5.32 Å². The van der Waals surface area contributed by atoms with Gasteiger partial charge in [0.15, 0.2) is 0 Å². The highest BCUT2D eigenvalue weighted by Gasteiger charge is 2.10. The first-order chi connectivity index (χ1) is 8.27. The second-order valence-electron chi connectivity index (χ2n) is 3.85. The van der Waals surface area contributed by atoms with Gasteiger partial charge in [-0.3, -0.25) is 4.79 Å². The molecule has 1 aromatic heterocycles. The molecule has 1 unspecified atom stereocenters. The Labute approximate surface area is 105 Å². The zero-order valence-corrected chi connectivity index (χ0v) is 10.4. The molecule has 0 aliphatic heterocycles. The Hall–Kier alpha value is -1.68. The lowest BCUT2D eigenvalue weighted by Crippen LogP contribution is -2.27. The van der Waals surface area contributed by atoms with Gasteiger partial charge >= 0.3 is 0 Å². The van der Waals surface area contributed by atoms with E-state index in [2.05, 4.69) is 17.2 Å². The maximum atomic E-state index is 11.8. The zero-order chi connectivity index (χ0) is 12.1. The van der Waals surface area contributed by atoms with E-state index in [0.29, 0.717) is 12.1 Å². The van der Waals surface area contributed by atoms with Gasteiger partial charge in [-0.15, -0.1) is 11.3 Å². The zero-order valence-electron chi connectivity index (χ0n) is 9.59. The number of carbonyl (C=O) groups excluding carboxylic acids is 1. The molecule has 0 fully saturated rings. The summed E-state index contributed by atoms with van der Waals surface area (Å²) in [6, 6.07) is 9.24. The van der Waals surface area contributed by atoms with Gasteiger partial charge in [-0.05, 0) is 12.1 Å². The molecule has 1 aromatic carbocycles. The largest absolute Gasteiger partial charge is 0.351 e. The van der Waals surface area contributed by atoms with Crippen LogP contribution in [0.3, 0.4) is 0 Å². The van der Waals surface area contributed by atoms with E-state index in [4.69, 9.17) is 0 Å². The summed E-state index contributed by atoms with van der Waals surface area (Å²) in [5.74, 6) is 0.219. The van der Waals surface area contributed by atoms with E-state index in [9.17, 15) is 4.79 Å². The first kappa shape index (κ1) is 11.8. The Morgan fingerprint density at radius 3 is 2.82 bits per heavy atom. The quantitative estimate of drug-likeness (QED) is 0.901. The average molecular weight is 246 g/mol. The highest BCUT2D eigenvalue weighted by Crippen LogP contribution is 2.16. The number of nitrogens with zero attached hydrogens (tertiary/aromatic N) is 1. The van der Waals surface area contributed by atoms with Gasteiger partial charge in [0, 0.05) is 29.6 Å². The Morgan fingerprint density at radius 1 is 1.41 bits per heavy atom. The summed E-state index contributed by atoms with van der Waals surface area (Å²) < 4.78 is 0. The van der Waals surface area contributed by atoms with Crippen LogP contribution >= 0.6 is 11.3 Å². The number of thiazole rings is 1. The summed E-state index contributed by atoms with van der Waals surface area (Å²) in [6.07, 6.45) is 1.79. The fourth-order valence-electron chi connectivity index (χ4n) is 1.50. The van der Waals surface area contributed by atoms with Crippen LogP contribution in [-0.4, -0.2) is 17.4 Å². The van der Waals surface area contributed by atoms with Crippen LogP contribution in [0.2, 0.25) is 0 Å². The molecule has 0 saturated heterocycles. The average Bonchev–Trinajstić information content (AvgIpc) is 2.90. The van der Waals surface area contributed by atoms with Crippen molar-refractivity contribution in [3.05, 3.63) is 52.5 Å². The van der Waals surface area contributed by atoms with Crippen molar-refractivity contribution >= 4 is 17.2 Å². The fraction of sp³-hybridized carbons (Fsp3) is 0.231. The van der Waals surface area contributed by atoms with Crippen molar-refractivity contribution in [2.24, 2.45) is 0 Å². The smallest absolute Gasteiger partial charge is 0.251 e. The van der Waals surface area contributed by atoms with Crippen LogP contribution in [0.5, 0.6) is 0 Å². The van der Waals surface area contributed by atoms with Crippen molar-refractivity contribution in [2.75, 3.05) is 6.54 Å². The third kappa shape index (κ3) is 3.14. The third-order valence-corrected chi connectivity index (χ3v) is 3.48. The summed E-state index contributed by atoms with van der Waals surface area (Å²) in [7, 11) is 0. The van der Waals surface area contributed by atoms with Crippen LogP contribution in [0.25, 0.3) is 0 Å². The molecule has 2 aromatic rings. The number of hydrogen-bond acceptors (Lipinski definition) is 3. The normalized spacial score (nSPS) is 12.1. The van der Waals surface area contributed by atoms with E-state index in [1.807, 2.05) is 35.7 Å². The number of hydrogen-bond donors (Lipinski definition) is 1. The molecule has 88 valence electrons. The molecule has 0 saturated carbocycles. The van der Waals surface area contributed by atoms with Crippen LogP contribution in [0.15, 0.2) is 41.9 Å². The Bertz CT molecular complexity index is 467. The molecule has 0 aliphatic carbocycles. The van der Waals surface area contributed by atoms with Crippen molar-refractivity contribution in [1.82, 2.24) is 10.3 Å². The maximum Gasteiger partial charge on any atom is 0.251 e. The van der Waals surface area contributed by atoms with Gasteiger partial charge in [0.1, 0.15) is 0 Å². The summed E-state index contributed by atoms with van der Waals surface area (Å²) >= 11 is 1.62. The standard InChI is InChI=1S/C13H14N2OS/c1-10(13-14-7-8-17-13)9-15-12(16)11-5-3-2-4-6-11/h2-8,10H,9H2,1H3,(H,15,16). The van der Waals surface area contributed by atoms with Gasteiger partial charge in [-0.25, -0.2) is 4.98 Å². The fourth-order valence-corrected chi connectivity index (χ4v) is 2.20. The van der Waals surface area contributed by atoms with Crippen LogP contribution in [0, 0.1) is 0 Å². The van der Waals surface area contributed by atoms with E-state index in [1.54, 1.807) is 17.5 Å². The molecule has 4 heteroatoms. The van der Waals surface area contributed by atoms with Gasteiger partial charge in [-0.2, -0.15) is 0 Å². The second-order valence-corrected chi connectivity index (χ2v) is 4.77. The topological polar surface area (TPSA) is 42.0 Å². The van der Waals surface area contributed by atoms with Crippen LogP contribution < -0.4 is 5.32 Å². The van der Waals surface area contributed by atoms with Crippen molar-refractivity contribution in [3.8, 4) is 0 Å². The predicted molar refractivity (Wildman–Crippen MR) is 69.3 cm³/mol. The van der Waals surface area contributed by atoms with Gasteiger partial charge in [0.2, 0.25) is 0 Å². The lowest BCUT2D eigenvalue weighted by atomic mass is 10.1. The number of benzene rings is 1. The third-order valence-electron chi connectivity index (χ3n) is 2.48. The first-order valence-electron chi connectivity index (χ1n) is 5.50.